The van der Waals surface area contributed by atoms with Gasteiger partial charge >= 0.3 is 0 Å². The summed E-state index contributed by atoms with van der Waals surface area (Å²) in [5.41, 5.74) is 0.162. The first-order valence-corrected chi connectivity index (χ1v) is 14.3. The molecule has 2 fully saturated rings. The minimum absolute atomic E-state index is 0.0578. The molecule has 1 amide bonds. The van der Waals surface area contributed by atoms with Gasteiger partial charge in [-0.25, -0.2) is 17.9 Å². The lowest BCUT2D eigenvalue weighted by Gasteiger charge is -2.46. The van der Waals surface area contributed by atoms with E-state index in [1.165, 1.54) is 30.3 Å². The van der Waals surface area contributed by atoms with Gasteiger partial charge < -0.3 is 29.7 Å². The third-order valence-electron chi connectivity index (χ3n) is 7.92. The number of amides is 1. The molecule has 3 aromatic rings. The van der Waals surface area contributed by atoms with Crippen molar-refractivity contribution in [3.05, 3.63) is 64.0 Å². The number of hydrogen-bond acceptors (Lipinski definition) is 8. The predicted octanol–water partition coefficient (Wildman–Crippen LogP) is 3.68. The maximum atomic E-state index is 14.4. The zero-order chi connectivity index (χ0) is 31.0. The standard InChI is InChI=1S/C28H29Cl2F3N4O6/c1-42-26-24(36-11-19(34-35-36)13-8-17(31)23(33)18(32)9-13)25(40)22(12-38)43-27(26)28(41)37(20-4-2-3-5-21(20)39)14-6-7-15(29)16(30)10-14/h6-11,20-22,24-27,38-40H,2-5,12H2,1H3/t20-,21-,22?,24?,25?,26?,27?/m0/s1. The molecule has 5 rings (SSSR count). The van der Waals surface area contributed by atoms with Crippen molar-refractivity contribution in [1.29, 1.82) is 0 Å². The Hall–Kier alpha value is -2.78. The van der Waals surface area contributed by atoms with Gasteiger partial charge in [-0.15, -0.1) is 5.10 Å². The van der Waals surface area contributed by atoms with Crippen LogP contribution in [0.5, 0.6) is 0 Å². The van der Waals surface area contributed by atoms with Crippen molar-refractivity contribution in [1.82, 2.24) is 15.0 Å². The van der Waals surface area contributed by atoms with E-state index in [1.807, 2.05) is 0 Å². The van der Waals surface area contributed by atoms with Gasteiger partial charge in [-0.2, -0.15) is 0 Å². The first kappa shape index (κ1) is 31.6. The van der Waals surface area contributed by atoms with E-state index in [-0.39, 0.29) is 21.3 Å². The zero-order valence-corrected chi connectivity index (χ0v) is 24.3. The van der Waals surface area contributed by atoms with Crippen LogP contribution < -0.4 is 4.90 Å². The van der Waals surface area contributed by atoms with Crippen molar-refractivity contribution in [3.8, 4) is 11.3 Å². The van der Waals surface area contributed by atoms with Gasteiger partial charge in [0.15, 0.2) is 23.6 Å². The first-order chi connectivity index (χ1) is 20.5. The molecule has 1 saturated carbocycles. The Morgan fingerprint density at radius 3 is 2.44 bits per heavy atom. The molecule has 1 saturated heterocycles. The van der Waals surface area contributed by atoms with Gasteiger partial charge in [0.05, 0.1) is 35.0 Å². The summed E-state index contributed by atoms with van der Waals surface area (Å²) in [4.78, 5) is 15.8. The Bertz CT molecular complexity index is 1460. The Kier molecular flexibility index (Phi) is 9.61. The highest BCUT2D eigenvalue weighted by Crippen LogP contribution is 2.37. The molecule has 10 nitrogen and oxygen atoms in total. The lowest BCUT2D eigenvalue weighted by atomic mass is 9.88. The van der Waals surface area contributed by atoms with Crippen LogP contribution in [0, 0.1) is 17.5 Å². The summed E-state index contributed by atoms with van der Waals surface area (Å²) < 4.78 is 54.1. The van der Waals surface area contributed by atoms with Gasteiger partial charge in [0, 0.05) is 18.4 Å². The average molecular weight is 645 g/mol. The fraction of sp³-hybridized carbons (Fsp3) is 0.464. The van der Waals surface area contributed by atoms with E-state index in [0.717, 1.165) is 29.7 Å². The highest BCUT2D eigenvalue weighted by atomic mass is 35.5. The number of carbonyl (C=O) groups is 1. The fourth-order valence-electron chi connectivity index (χ4n) is 5.76. The number of aliphatic hydroxyl groups is 3. The number of ether oxygens (including phenoxy) is 2. The van der Waals surface area contributed by atoms with Crippen molar-refractivity contribution >= 4 is 34.8 Å². The number of carbonyl (C=O) groups excluding carboxylic acids is 1. The Balaban J connectivity index is 1.54. The van der Waals surface area contributed by atoms with E-state index in [4.69, 9.17) is 32.7 Å². The second kappa shape index (κ2) is 13.1. The Labute approximate surface area is 254 Å². The normalized spacial score (nSPS) is 27.7. The third kappa shape index (κ3) is 6.12. The Morgan fingerprint density at radius 1 is 1.12 bits per heavy atom. The van der Waals surface area contributed by atoms with Crippen LogP contribution in [0.25, 0.3) is 11.3 Å². The van der Waals surface area contributed by atoms with Gasteiger partial charge in [0.1, 0.15) is 30.0 Å². The van der Waals surface area contributed by atoms with Crippen LogP contribution in [0.3, 0.4) is 0 Å². The maximum absolute atomic E-state index is 14.4. The van der Waals surface area contributed by atoms with E-state index >= 15 is 0 Å². The van der Waals surface area contributed by atoms with Gasteiger partial charge in [-0.3, -0.25) is 4.79 Å². The minimum atomic E-state index is -1.64. The quantitative estimate of drug-likeness (QED) is 0.332. The molecule has 3 N–H and O–H groups in total. The predicted molar refractivity (Wildman–Crippen MR) is 149 cm³/mol. The monoisotopic (exact) mass is 644 g/mol. The van der Waals surface area contributed by atoms with Crippen LogP contribution >= 0.6 is 23.2 Å². The van der Waals surface area contributed by atoms with Crippen molar-refractivity contribution in [2.24, 2.45) is 0 Å². The summed E-state index contributed by atoms with van der Waals surface area (Å²) in [6.07, 6.45) is -2.58. The molecule has 2 aromatic carbocycles. The fourth-order valence-corrected chi connectivity index (χ4v) is 6.06. The molecule has 5 unspecified atom stereocenters. The zero-order valence-electron chi connectivity index (χ0n) is 22.8. The number of aromatic nitrogens is 3. The third-order valence-corrected chi connectivity index (χ3v) is 8.66. The molecule has 7 atom stereocenters. The molecule has 232 valence electrons. The van der Waals surface area contributed by atoms with Crippen LogP contribution in [0.2, 0.25) is 10.0 Å². The van der Waals surface area contributed by atoms with Crippen LogP contribution in [0.4, 0.5) is 18.9 Å². The molecule has 0 radical (unpaired) electrons. The van der Waals surface area contributed by atoms with E-state index < -0.39 is 72.6 Å². The molecular weight excluding hydrogens is 616 g/mol. The van der Waals surface area contributed by atoms with E-state index in [0.29, 0.717) is 18.5 Å². The lowest BCUT2D eigenvalue weighted by molar-refractivity contribution is -0.211. The molecule has 2 aliphatic rings. The van der Waals surface area contributed by atoms with Crippen molar-refractivity contribution in [2.45, 2.75) is 68.3 Å². The van der Waals surface area contributed by atoms with Gasteiger partial charge in [0.25, 0.3) is 5.91 Å². The molecular formula is C28H29Cl2F3N4O6. The molecule has 0 bridgehead atoms. The lowest BCUT2D eigenvalue weighted by Crippen LogP contribution is -2.63. The number of aliphatic hydroxyl groups excluding tert-OH is 3. The second-order valence-corrected chi connectivity index (χ2v) is 11.3. The van der Waals surface area contributed by atoms with E-state index in [9.17, 15) is 33.3 Å². The van der Waals surface area contributed by atoms with E-state index in [1.54, 1.807) is 6.07 Å². The largest absolute Gasteiger partial charge is 0.394 e. The van der Waals surface area contributed by atoms with Gasteiger partial charge in [0.2, 0.25) is 0 Å². The van der Waals surface area contributed by atoms with Crippen LogP contribution in [0.1, 0.15) is 31.7 Å². The summed E-state index contributed by atoms with van der Waals surface area (Å²) in [5.74, 6) is -5.14. The summed E-state index contributed by atoms with van der Waals surface area (Å²) in [5, 5.41) is 40.5. The van der Waals surface area contributed by atoms with E-state index in [2.05, 4.69) is 10.3 Å². The molecule has 1 aliphatic heterocycles. The van der Waals surface area contributed by atoms with Crippen LogP contribution in [-0.4, -0.2) is 86.5 Å². The highest BCUT2D eigenvalue weighted by molar-refractivity contribution is 6.42. The highest BCUT2D eigenvalue weighted by Gasteiger charge is 2.52. The minimum Gasteiger partial charge on any atom is -0.394 e. The van der Waals surface area contributed by atoms with Crippen LogP contribution in [-0.2, 0) is 14.3 Å². The summed E-state index contributed by atoms with van der Waals surface area (Å²) in [6, 6.07) is 4.24. The summed E-state index contributed by atoms with van der Waals surface area (Å²) in [7, 11) is 1.29. The van der Waals surface area contributed by atoms with Crippen molar-refractivity contribution in [2.75, 3.05) is 18.6 Å². The number of nitrogens with zero attached hydrogens (tertiary/aromatic N) is 4. The molecule has 43 heavy (non-hydrogen) atoms. The molecule has 1 aliphatic carbocycles. The number of methoxy groups -OCH3 is 1. The molecule has 0 spiro atoms. The molecule has 2 heterocycles. The second-order valence-electron chi connectivity index (χ2n) is 10.5. The van der Waals surface area contributed by atoms with Crippen LogP contribution in [0.15, 0.2) is 36.5 Å². The summed E-state index contributed by atoms with van der Waals surface area (Å²) in [6.45, 7) is -0.688. The molecule has 1 aromatic heterocycles. The first-order valence-electron chi connectivity index (χ1n) is 13.6. The number of hydrogen-bond donors (Lipinski definition) is 3. The topological polar surface area (TPSA) is 130 Å². The van der Waals surface area contributed by atoms with Crippen molar-refractivity contribution < 1.29 is 42.8 Å². The number of anilines is 1. The number of halogens is 5. The van der Waals surface area contributed by atoms with Crippen molar-refractivity contribution in [3.63, 3.8) is 0 Å². The number of rotatable bonds is 7. The number of benzene rings is 2. The SMILES string of the molecule is COC1C(C(=O)N(c2ccc(Cl)c(Cl)c2)[C@H]2CCCC[C@@H]2O)OC(CO)C(O)C1n1cc(-c2cc(F)c(F)c(F)c2)nn1. The van der Waals surface area contributed by atoms with Gasteiger partial charge in [-0.1, -0.05) is 41.3 Å². The molecule has 15 heteroatoms. The Morgan fingerprint density at radius 2 is 1.81 bits per heavy atom. The maximum Gasteiger partial charge on any atom is 0.259 e. The van der Waals surface area contributed by atoms with Gasteiger partial charge in [-0.05, 0) is 43.2 Å². The smallest absolute Gasteiger partial charge is 0.259 e. The average Bonchev–Trinajstić information content (AvgIpc) is 3.48. The summed E-state index contributed by atoms with van der Waals surface area (Å²) >= 11 is 12.4.